The van der Waals surface area contributed by atoms with Gasteiger partial charge in [0.25, 0.3) is 0 Å². The van der Waals surface area contributed by atoms with Crippen molar-refractivity contribution in [3.05, 3.63) is 0 Å². The van der Waals surface area contributed by atoms with Crippen molar-refractivity contribution in [2.24, 2.45) is 0 Å². The van der Waals surface area contributed by atoms with Crippen molar-refractivity contribution in [3.8, 4) is 0 Å². The van der Waals surface area contributed by atoms with Crippen molar-refractivity contribution in [2.75, 3.05) is 6.61 Å². The summed E-state index contributed by atoms with van der Waals surface area (Å²) in [5.41, 5.74) is -1.40. The number of hydrogen-bond donors (Lipinski definition) is 3. The summed E-state index contributed by atoms with van der Waals surface area (Å²) in [6.07, 6.45) is 1.11. The molecule has 0 aromatic carbocycles. The van der Waals surface area contributed by atoms with Crippen molar-refractivity contribution < 1.29 is 19.7 Å². The molecule has 1 amide bonds. The molecule has 3 N–H and O–H groups in total. The second kappa shape index (κ2) is 4.59. The van der Waals surface area contributed by atoms with E-state index < -0.39 is 23.3 Å². The minimum absolute atomic E-state index is 0.0667. The maximum atomic E-state index is 11.5. The van der Waals surface area contributed by atoms with Crippen LogP contribution in [0, 0.1) is 0 Å². The molecular formula is C11H21NO4. The van der Waals surface area contributed by atoms with Crippen LogP contribution in [0.3, 0.4) is 0 Å². The number of nitrogens with one attached hydrogen (secondary N) is 1. The fraction of sp³-hybridized carbons (Fsp3) is 0.909. The van der Waals surface area contributed by atoms with Gasteiger partial charge in [0.1, 0.15) is 5.60 Å². The van der Waals surface area contributed by atoms with Gasteiger partial charge in [0.2, 0.25) is 0 Å². The van der Waals surface area contributed by atoms with Gasteiger partial charge in [0.15, 0.2) is 0 Å². The molecule has 94 valence electrons. The molecule has 1 saturated carbocycles. The number of alkyl carbamates (subject to hydrolysis) is 1. The monoisotopic (exact) mass is 231 g/mol. The quantitative estimate of drug-likeness (QED) is 0.668. The van der Waals surface area contributed by atoms with Crippen LogP contribution < -0.4 is 5.32 Å². The fourth-order valence-electron chi connectivity index (χ4n) is 1.53. The molecule has 5 nitrogen and oxygen atoms in total. The first kappa shape index (κ1) is 13.3. The van der Waals surface area contributed by atoms with E-state index in [4.69, 9.17) is 9.84 Å². The second-order valence-corrected chi connectivity index (χ2v) is 5.31. The van der Waals surface area contributed by atoms with Crippen LogP contribution >= 0.6 is 0 Å². The van der Waals surface area contributed by atoms with Crippen molar-refractivity contribution in [3.63, 3.8) is 0 Å². The predicted molar refractivity (Wildman–Crippen MR) is 59.0 cm³/mol. The van der Waals surface area contributed by atoms with E-state index >= 15 is 0 Å². The smallest absolute Gasteiger partial charge is 0.407 e. The molecule has 0 spiro atoms. The number of aliphatic hydroxyl groups excluding tert-OH is 1. The average molecular weight is 231 g/mol. The summed E-state index contributed by atoms with van der Waals surface area (Å²) in [6.45, 7) is 5.27. The molecular weight excluding hydrogens is 210 g/mol. The summed E-state index contributed by atoms with van der Waals surface area (Å²) in [5.74, 6) is 0. The van der Waals surface area contributed by atoms with E-state index in [-0.39, 0.29) is 6.61 Å². The SMILES string of the molecule is CC(C)(C)OC(=O)NC(CCO)C1(O)CC1. The molecule has 16 heavy (non-hydrogen) atoms. The minimum atomic E-state index is -0.848. The van der Waals surface area contributed by atoms with Gasteiger partial charge in [-0.25, -0.2) is 4.79 Å². The highest BCUT2D eigenvalue weighted by Gasteiger charge is 2.48. The lowest BCUT2D eigenvalue weighted by Crippen LogP contribution is -2.47. The minimum Gasteiger partial charge on any atom is -0.444 e. The topological polar surface area (TPSA) is 78.8 Å². The van der Waals surface area contributed by atoms with Gasteiger partial charge in [-0.15, -0.1) is 0 Å². The first-order chi connectivity index (χ1) is 7.27. The maximum absolute atomic E-state index is 11.5. The molecule has 0 radical (unpaired) electrons. The van der Waals surface area contributed by atoms with Crippen molar-refractivity contribution in [1.82, 2.24) is 5.32 Å². The lowest BCUT2D eigenvalue weighted by Gasteiger charge is -2.26. The van der Waals surface area contributed by atoms with E-state index in [2.05, 4.69) is 5.32 Å². The normalized spacial score (nSPS) is 20.1. The molecule has 0 aliphatic heterocycles. The van der Waals surface area contributed by atoms with Crippen molar-refractivity contribution >= 4 is 6.09 Å². The number of amides is 1. The Morgan fingerprint density at radius 2 is 2.06 bits per heavy atom. The number of aliphatic hydroxyl groups is 2. The molecule has 1 unspecified atom stereocenters. The molecule has 5 heteroatoms. The third kappa shape index (κ3) is 3.98. The molecule has 0 aromatic heterocycles. The highest BCUT2D eigenvalue weighted by Crippen LogP contribution is 2.39. The van der Waals surface area contributed by atoms with Crippen LogP contribution in [0.15, 0.2) is 0 Å². The third-order valence-electron chi connectivity index (χ3n) is 2.52. The van der Waals surface area contributed by atoms with E-state index in [1.807, 2.05) is 0 Å². The van der Waals surface area contributed by atoms with Crippen molar-refractivity contribution in [2.45, 2.75) is 57.3 Å². The van der Waals surface area contributed by atoms with Gasteiger partial charge in [-0.05, 0) is 40.0 Å². The van der Waals surface area contributed by atoms with Crippen LogP contribution in [0.25, 0.3) is 0 Å². The van der Waals surface area contributed by atoms with Gasteiger partial charge < -0.3 is 20.3 Å². The Bertz CT molecular complexity index is 255. The lowest BCUT2D eigenvalue weighted by atomic mass is 10.1. The van der Waals surface area contributed by atoms with E-state index in [1.165, 1.54) is 0 Å². The number of ether oxygens (including phenoxy) is 1. The summed E-state index contributed by atoms with van der Waals surface area (Å²) in [4.78, 5) is 11.5. The summed E-state index contributed by atoms with van der Waals surface area (Å²) in [7, 11) is 0. The highest BCUT2D eigenvalue weighted by atomic mass is 16.6. The number of hydrogen-bond acceptors (Lipinski definition) is 4. The number of rotatable bonds is 4. The van der Waals surface area contributed by atoms with E-state index in [0.29, 0.717) is 19.3 Å². The molecule has 1 atom stereocenters. The average Bonchev–Trinajstić information content (AvgIpc) is 2.81. The molecule has 0 heterocycles. The molecule has 0 aromatic rings. The lowest BCUT2D eigenvalue weighted by molar-refractivity contribution is 0.0353. The summed E-state index contributed by atoms with van der Waals surface area (Å²) in [5, 5.41) is 21.4. The first-order valence-corrected chi connectivity index (χ1v) is 5.59. The van der Waals surface area contributed by atoms with Crippen LogP contribution in [-0.4, -0.2) is 40.2 Å². The molecule has 0 saturated heterocycles. The molecule has 1 aliphatic carbocycles. The second-order valence-electron chi connectivity index (χ2n) is 5.31. The molecule has 1 aliphatic rings. The highest BCUT2D eigenvalue weighted by molar-refractivity contribution is 5.68. The van der Waals surface area contributed by atoms with Crippen LogP contribution in [0.4, 0.5) is 4.79 Å². The van der Waals surface area contributed by atoms with Gasteiger partial charge in [-0.1, -0.05) is 0 Å². The Balaban J connectivity index is 2.46. The van der Waals surface area contributed by atoms with Crippen molar-refractivity contribution in [1.29, 1.82) is 0 Å². The predicted octanol–water partition coefficient (Wildman–Crippen LogP) is 0.787. The van der Waals surface area contributed by atoms with E-state index in [0.717, 1.165) is 0 Å². The maximum Gasteiger partial charge on any atom is 0.407 e. The molecule has 0 bridgehead atoms. The fourth-order valence-corrected chi connectivity index (χ4v) is 1.53. The number of carbonyl (C=O) groups excluding carboxylic acids is 1. The van der Waals surface area contributed by atoms with Gasteiger partial charge >= 0.3 is 6.09 Å². The van der Waals surface area contributed by atoms with Gasteiger partial charge in [-0.3, -0.25) is 0 Å². The Morgan fingerprint density at radius 1 is 1.50 bits per heavy atom. The van der Waals surface area contributed by atoms with Gasteiger partial charge in [0, 0.05) is 6.61 Å². The van der Waals surface area contributed by atoms with Crippen LogP contribution in [-0.2, 0) is 4.74 Å². The first-order valence-electron chi connectivity index (χ1n) is 5.59. The Labute approximate surface area is 95.8 Å². The van der Waals surface area contributed by atoms with Crippen LogP contribution in [0.2, 0.25) is 0 Å². The standard InChI is InChI=1S/C11H21NO4/c1-10(2,3)16-9(14)12-8(4-7-13)11(15)5-6-11/h8,13,15H,4-7H2,1-3H3,(H,12,14). The van der Waals surface area contributed by atoms with Gasteiger partial charge in [-0.2, -0.15) is 0 Å². The van der Waals surface area contributed by atoms with Crippen LogP contribution in [0.5, 0.6) is 0 Å². The summed E-state index contributed by atoms with van der Waals surface area (Å²) >= 11 is 0. The molecule has 1 rings (SSSR count). The largest absolute Gasteiger partial charge is 0.444 e. The zero-order valence-corrected chi connectivity index (χ0v) is 10.1. The summed E-state index contributed by atoms with van der Waals surface area (Å²) < 4.78 is 5.09. The zero-order chi connectivity index (χ0) is 12.4. The van der Waals surface area contributed by atoms with Gasteiger partial charge in [0.05, 0.1) is 11.6 Å². The van der Waals surface area contributed by atoms with Crippen LogP contribution in [0.1, 0.15) is 40.0 Å². The Hall–Kier alpha value is -0.810. The van der Waals surface area contributed by atoms with E-state index in [9.17, 15) is 9.90 Å². The zero-order valence-electron chi connectivity index (χ0n) is 10.1. The Morgan fingerprint density at radius 3 is 2.44 bits per heavy atom. The third-order valence-corrected chi connectivity index (χ3v) is 2.52. The van der Waals surface area contributed by atoms with E-state index in [1.54, 1.807) is 20.8 Å². The number of carbonyl (C=O) groups is 1. The summed E-state index contributed by atoms with van der Waals surface area (Å²) in [6, 6.07) is -0.424. The Kier molecular flexibility index (Phi) is 3.80. The molecule has 1 fully saturated rings.